The number of ether oxygens (including phenoxy) is 3. The number of aliphatic hydroxyl groups excluding tert-OH is 1. The monoisotopic (exact) mass is 405 g/mol. The van der Waals surface area contributed by atoms with Crippen LogP contribution in [-0.4, -0.2) is 55.2 Å². The van der Waals surface area contributed by atoms with Crippen molar-refractivity contribution in [2.45, 2.75) is 46.3 Å². The number of carbonyl (C=O) groups is 2. The van der Waals surface area contributed by atoms with Gasteiger partial charge in [0.2, 0.25) is 0 Å². The van der Waals surface area contributed by atoms with Gasteiger partial charge in [-0.2, -0.15) is 0 Å². The topological polar surface area (TPSA) is 85.3 Å². The van der Waals surface area contributed by atoms with Gasteiger partial charge in [0.25, 0.3) is 5.91 Å². The van der Waals surface area contributed by atoms with Gasteiger partial charge < -0.3 is 24.2 Å². The molecule has 1 aromatic rings. The largest absolute Gasteiger partial charge is 0.503 e. The van der Waals surface area contributed by atoms with E-state index < -0.39 is 17.7 Å². The first-order chi connectivity index (χ1) is 13.7. The zero-order valence-corrected chi connectivity index (χ0v) is 18.0. The lowest BCUT2D eigenvalue weighted by molar-refractivity contribution is -0.129. The molecule has 0 aliphatic carbocycles. The third kappa shape index (κ3) is 4.90. The molecular weight excluding hydrogens is 374 g/mol. The molecule has 1 heterocycles. The molecule has 1 unspecified atom stereocenters. The smallest absolute Gasteiger partial charge is 0.290 e. The van der Waals surface area contributed by atoms with Crippen molar-refractivity contribution in [2.24, 2.45) is 5.92 Å². The second-order valence-electron chi connectivity index (χ2n) is 7.61. The van der Waals surface area contributed by atoms with Crippen LogP contribution in [0.5, 0.6) is 11.5 Å². The maximum atomic E-state index is 12.8. The molecule has 1 aliphatic heterocycles. The van der Waals surface area contributed by atoms with Gasteiger partial charge in [0, 0.05) is 26.2 Å². The first-order valence-electron chi connectivity index (χ1n) is 9.84. The number of benzene rings is 1. The molecule has 0 spiro atoms. The van der Waals surface area contributed by atoms with Crippen molar-refractivity contribution in [1.82, 2.24) is 4.90 Å². The molecule has 1 atom stereocenters. The van der Waals surface area contributed by atoms with Gasteiger partial charge in [0.1, 0.15) is 0 Å². The van der Waals surface area contributed by atoms with E-state index in [1.165, 1.54) is 12.0 Å². The third-order valence-corrected chi connectivity index (χ3v) is 4.71. The number of hydrogen-bond acceptors (Lipinski definition) is 6. The fraction of sp³-hybridized carbons (Fsp3) is 0.545. The fourth-order valence-corrected chi connectivity index (χ4v) is 3.38. The van der Waals surface area contributed by atoms with Crippen molar-refractivity contribution in [2.75, 3.05) is 27.4 Å². The van der Waals surface area contributed by atoms with Crippen molar-refractivity contribution < 1.29 is 28.9 Å². The Labute approximate surface area is 172 Å². The van der Waals surface area contributed by atoms with Crippen LogP contribution in [-0.2, 0) is 14.3 Å². The molecule has 0 radical (unpaired) electrons. The zero-order chi connectivity index (χ0) is 21.7. The molecule has 7 nitrogen and oxygen atoms in total. The van der Waals surface area contributed by atoms with Crippen molar-refractivity contribution >= 4 is 11.7 Å². The highest BCUT2D eigenvalue weighted by atomic mass is 16.5. The molecule has 29 heavy (non-hydrogen) atoms. The van der Waals surface area contributed by atoms with Crippen LogP contribution < -0.4 is 9.47 Å². The Kier molecular flexibility index (Phi) is 7.67. The van der Waals surface area contributed by atoms with E-state index >= 15 is 0 Å². The summed E-state index contributed by atoms with van der Waals surface area (Å²) in [5.74, 6) is -0.553. The van der Waals surface area contributed by atoms with Gasteiger partial charge in [-0.1, -0.05) is 19.9 Å². The van der Waals surface area contributed by atoms with Crippen LogP contribution in [0.4, 0.5) is 0 Å². The minimum atomic E-state index is -0.684. The maximum absolute atomic E-state index is 12.8. The van der Waals surface area contributed by atoms with E-state index in [-0.39, 0.29) is 23.4 Å². The molecule has 2 rings (SSSR count). The van der Waals surface area contributed by atoms with Crippen molar-refractivity contribution in [3.8, 4) is 11.5 Å². The summed E-state index contributed by atoms with van der Waals surface area (Å²) in [6.07, 6.45) is 0.552. The summed E-state index contributed by atoms with van der Waals surface area (Å²) < 4.78 is 16.3. The summed E-state index contributed by atoms with van der Waals surface area (Å²) in [6.45, 7) is 8.15. The number of methoxy groups -OCH3 is 2. The fourth-order valence-electron chi connectivity index (χ4n) is 3.38. The molecule has 1 N–H and O–H groups in total. The Hall–Kier alpha value is -2.54. The molecule has 0 aromatic heterocycles. The lowest BCUT2D eigenvalue weighted by atomic mass is 9.91. The Bertz CT molecular complexity index is 784. The van der Waals surface area contributed by atoms with Gasteiger partial charge in [0.05, 0.1) is 24.8 Å². The average molecular weight is 405 g/mol. The summed E-state index contributed by atoms with van der Waals surface area (Å²) in [5.41, 5.74) is 0.804. The zero-order valence-electron chi connectivity index (χ0n) is 18.0. The molecule has 0 fully saturated rings. The highest BCUT2D eigenvalue weighted by Gasteiger charge is 2.43. The molecule has 1 amide bonds. The minimum absolute atomic E-state index is 0.0321. The summed E-state index contributed by atoms with van der Waals surface area (Å²) in [7, 11) is 3.13. The second kappa shape index (κ2) is 9.78. The maximum Gasteiger partial charge on any atom is 0.290 e. The first kappa shape index (κ1) is 22.7. The molecule has 160 valence electrons. The predicted octanol–water partition coefficient (Wildman–Crippen LogP) is 3.44. The molecule has 0 saturated heterocycles. The molecule has 7 heteroatoms. The van der Waals surface area contributed by atoms with Gasteiger partial charge in [-0.05, 0) is 38.0 Å². The summed E-state index contributed by atoms with van der Waals surface area (Å²) in [6, 6.07) is 4.63. The van der Waals surface area contributed by atoms with Crippen LogP contribution in [0, 0.1) is 5.92 Å². The van der Waals surface area contributed by atoms with Crippen LogP contribution in [0.2, 0.25) is 0 Å². The molecular formula is C22H31NO6. The van der Waals surface area contributed by atoms with E-state index in [2.05, 4.69) is 0 Å². The molecule has 1 aliphatic rings. The number of aliphatic hydroxyl groups is 1. The third-order valence-electron chi connectivity index (χ3n) is 4.71. The Morgan fingerprint density at radius 3 is 2.41 bits per heavy atom. The Balaban J connectivity index is 2.52. The van der Waals surface area contributed by atoms with E-state index in [1.54, 1.807) is 39.2 Å². The number of ketones is 1. The van der Waals surface area contributed by atoms with E-state index in [0.717, 1.165) is 0 Å². The summed E-state index contributed by atoms with van der Waals surface area (Å²) in [5, 5.41) is 10.5. The highest BCUT2D eigenvalue weighted by molar-refractivity contribution is 6.09. The number of carbonyl (C=O) groups excluding carboxylic acids is 2. The minimum Gasteiger partial charge on any atom is -0.503 e. The number of hydrogen-bond donors (Lipinski definition) is 1. The van der Waals surface area contributed by atoms with Crippen LogP contribution in [0.3, 0.4) is 0 Å². The predicted molar refractivity (Wildman–Crippen MR) is 109 cm³/mol. The van der Waals surface area contributed by atoms with Gasteiger partial charge in [-0.25, -0.2) is 0 Å². The summed E-state index contributed by atoms with van der Waals surface area (Å²) >= 11 is 0. The Morgan fingerprint density at radius 2 is 1.86 bits per heavy atom. The number of Topliss-reactive ketones (excluding diaryl/α,β-unsaturated/α-hetero) is 1. The van der Waals surface area contributed by atoms with Gasteiger partial charge in [-0.3, -0.25) is 9.59 Å². The SMILES string of the molecule is COCCCN1C(=O)C(O)=C(C(=O)C(C)C)C1c1ccc(OC(C)C)c(OC)c1. The number of amides is 1. The van der Waals surface area contributed by atoms with Crippen LogP contribution >= 0.6 is 0 Å². The van der Waals surface area contributed by atoms with E-state index in [9.17, 15) is 14.7 Å². The van der Waals surface area contributed by atoms with Crippen LogP contribution in [0.1, 0.15) is 45.7 Å². The van der Waals surface area contributed by atoms with Gasteiger partial charge in [0.15, 0.2) is 23.0 Å². The number of nitrogens with zero attached hydrogens (tertiary/aromatic N) is 1. The van der Waals surface area contributed by atoms with Gasteiger partial charge >= 0.3 is 0 Å². The highest BCUT2D eigenvalue weighted by Crippen LogP contribution is 2.41. The molecule has 0 saturated carbocycles. The van der Waals surface area contributed by atoms with E-state index in [0.29, 0.717) is 36.6 Å². The standard InChI is InChI=1S/C22H31NO6/c1-13(2)20(24)18-19(23(10-7-11-27-5)22(26)21(18)25)15-8-9-16(29-14(3)4)17(12-15)28-6/h8-9,12-14,19,25H,7,10-11H2,1-6H3. The second-order valence-corrected chi connectivity index (χ2v) is 7.61. The van der Waals surface area contributed by atoms with Crippen molar-refractivity contribution in [3.63, 3.8) is 0 Å². The van der Waals surface area contributed by atoms with E-state index in [1.807, 2.05) is 13.8 Å². The molecule has 1 aromatic carbocycles. The van der Waals surface area contributed by atoms with Crippen LogP contribution in [0.15, 0.2) is 29.5 Å². The van der Waals surface area contributed by atoms with E-state index in [4.69, 9.17) is 14.2 Å². The first-order valence-corrected chi connectivity index (χ1v) is 9.84. The quantitative estimate of drug-likeness (QED) is 0.600. The van der Waals surface area contributed by atoms with Crippen molar-refractivity contribution in [1.29, 1.82) is 0 Å². The van der Waals surface area contributed by atoms with Gasteiger partial charge in [-0.15, -0.1) is 0 Å². The average Bonchev–Trinajstić information content (AvgIpc) is 2.92. The lowest BCUT2D eigenvalue weighted by Gasteiger charge is -2.28. The number of rotatable bonds is 10. The Morgan fingerprint density at radius 1 is 1.17 bits per heavy atom. The van der Waals surface area contributed by atoms with Crippen LogP contribution in [0.25, 0.3) is 0 Å². The summed E-state index contributed by atoms with van der Waals surface area (Å²) in [4.78, 5) is 27.1. The normalized spacial score (nSPS) is 16.9. The van der Waals surface area contributed by atoms with Crippen molar-refractivity contribution in [3.05, 3.63) is 35.1 Å². The lowest BCUT2D eigenvalue weighted by Crippen LogP contribution is -2.33. The molecule has 0 bridgehead atoms.